The summed E-state index contributed by atoms with van der Waals surface area (Å²) in [5.41, 5.74) is 6.23. The summed E-state index contributed by atoms with van der Waals surface area (Å²) in [4.78, 5) is 14.8. The molecule has 1 saturated heterocycles. The van der Waals surface area contributed by atoms with Gasteiger partial charge in [0.2, 0.25) is 0 Å². The SMILES string of the molecule is COc1ccccc1N1CCN(c2c3c(nc4nc(Cc5ccc(C)cc5)nn24)CCCC3)CC1. The van der Waals surface area contributed by atoms with Crippen molar-refractivity contribution in [1.82, 2.24) is 19.6 Å². The molecule has 7 heteroatoms. The molecule has 0 spiro atoms. The summed E-state index contributed by atoms with van der Waals surface area (Å²) in [6.07, 6.45) is 5.21. The smallest absolute Gasteiger partial charge is 0.254 e. The molecule has 35 heavy (non-hydrogen) atoms. The van der Waals surface area contributed by atoms with Gasteiger partial charge in [0.05, 0.1) is 18.5 Å². The van der Waals surface area contributed by atoms with Gasteiger partial charge in [-0.2, -0.15) is 9.50 Å². The maximum absolute atomic E-state index is 5.61. The first-order valence-electron chi connectivity index (χ1n) is 12.7. The largest absolute Gasteiger partial charge is 0.495 e. The molecule has 0 N–H and O–H groups in total. The third-order valence-electron chi connectivity index (χ3n) is 7.27. The Labute approximate surface area is 206 Å². The normalized spacial score (nSPS) is 15.9. The van der Waals surface area contributed by atoms with Gasteiger partial charge in [-0.3, -0.25) is 0 Å². The van der Waals surface area contributed by atoms with E-state index >= 15 is 0 Å². The summed E-state index contributed by atoms with van der Waals surface area (Å²) >= 11 is 0. The molecule has 6 rings (SSSR count). The molecule has 3 heterocycles. The van der Waals surface area contributed by atoms with E-state index in [1.807, 2.05) is 16.6 Å². The van der Waals surface area contributed by atoms with E-state index in [9.17, 15) is 0 Å². The lowest BCUT2D eigenvalue weighted by Crippen LogP contribution is -2.47. The van der Waals surface area contributed by atoms with Crippen molar-refractivity contribution < 1.29 is 4.74 Å². The molecule has 0 radical (unpaired) electrons. The highest BCUT2D eigenvalue weighted by Crippen LogP contribution is 2.33. The Morgan fingerprint density at radius 2 is 1.60 bits per heavy atom. The van der Waals surface area contributed by atoms with Crippen LogP contribution in [0.15, 0.2) is 48.5 Å². The first-order valence-corrected chi connectivity index (χ1v) is 12.7. The number of ether oxygens (including phenoxy) is 1. The van der Waals surface area contributed by atoms with Crippen LogP contribution in [-0.4, -0.2) is 52.9 Å². The van der Waals surface area contributed by atoms with E-state index in [1.54, 1.807) is 7.11 Å². The topological polar surface area (TPSA) is 58.8 Å². The van der Waals surface area contributed by atoms with Crippen molar-refractivity contribution in [2.45, 2.75) is 39.0 Å². The number of hydrogen-bond acceptors (Lipinski definition) is 6. The molecule has 0 unspecified atom stereocenters. The van der Waals surface area contributed by atoms with Gasteiger partial charge in [-0.15, -0.1) is 5.10 Å². The number of para-hydroxylation sites is 2. The Hall–Kier alpha value is -3.61. The van der Waals surface area contributed by atoms with E-state index in [4.69, 9.17) is 19.8 Å². The molecule has 0 amide bonds. The van der Waals surface area contributed by atoms with Gasteiger partial charge in [0.1, 0.15) is 11.6 Å². The van der Waals surface area contributed by atoms with Crippen molar-refractivity contribution in [3.8, 4) is 5.75 Å². The molecule has 0 atom stereocenters. The van der Waals surface area contributed by atoms with Crippen LogP contribution in [0.5, 0.6) is 5.75 Å². The monoisotopic (exact) mass is 468 g/mol. The predicted octanol–water partition coefficient (Wildman–Crippen LogP) is 4.24. The standard InChI is InChI=1S/C28H32N6O/c1-20-11-13-21(14-12-20)19-26-30-28-29-23-8-4-3-7-22(23)27(34(28)31-26)33-17-15-32(16-18-33)24-9-5-6-10-25(24)35-2/h5-6,9-14H,3-4,7-8,15-19H2,1-2H3. The van der Waals surface area contributed by atoms with Crippen LogP contribution in [0.1, 0.15) is 41.1 Å². The van der Waals surface area contributed by atoms with E-state index in [-0.39, 0.29) is 0 Å². The summed E-state index contributed by atoms with van der Waals surface area (Å²) in [5.74, 6) is 3.70. The van der Waals surface area contributed by atoms with E-state index in [2.05, 4.69) is 53.1 Å². The molecule has 0 bridgehead atoms. The van der Waals surface area contributed by atoms with Crippen molar-refractivity contribution in [2.75, 3.05) is 43.1 Å². The number of hydrogen-bond donors (Lipinski definition) is 0. The van der Waals surface area contributed by atoms with Crippen LogP contribution in [-0.2, 0) is 19.3 Å². The molecular formula is C28H32N6O. The molecule has 1 fully saturated rings. The van der Waals surface area contributed by atoms with Gasteiger partial charge in [-0.1, -0.05) is 42.0 Å². The van der Waals surface area contributed by atoms with Gasteiger partial charge in [-0.25, -0.2) is 4.98 Å². The minimum atomic E-state index is 0.718. The zero-order chi connectivity index (χ0) is 23.8. The molecule has 2 aliphatic rings. The highest BCUT2D eigenvalue weighted by atomic mass is 16.5. The fourth-order valence-electron chi connectivity index (χ4n) is 5.40. The number of fused-ring (bicyclic) bond motifs is 2. The number of methoxy groups -OCH3 is 1. The summed E-state index contributed by atoms with van der Waals surface area (Å²) in [6, 6.07) is 16.9. The van der Waals surface area contributed by atoms with Crippen molar-refractivity contribution in [3.05, 3.63) is 76.7 Å². The Bertz CT molecular complexity index is 1340. The second kappa shape index (κ2) is 9.21. The number of rotatable bonds is 5. The fourth-order valence-corrected chi connectivity index (χ4v) is 5.40. The lowest BCUT2D eigenvalue weighted by Gasteiger charge is -2.38. The minimum Gasteiger partial charge on any atom is -0.495 e. The maximum Gasteiger partial charge on any atom is 0.254 e. The number of anilines is 2. The van der Waals surface area contributed by atoms with Crippen LogP contribution in [0, 0.1) is 6.92 Å². The molecular weight excluding hydrogens is 436 g/mol. The molecule has 1 aliphatic carbocycles. The van der Waals surface area contributed by atoms with Crippen LogP contribution < -0.4 is 14.5 Å². The van der Waals surface area contributed by atoms with Crippen LogP contribution >= 0.6 is 0 Å². The second-order valence-electron chi connectivity index (χ2n) is 9.62. The number of piperazine rings is 1. The minimum absolute atomic E-state index is 0.718. The number of aromatic nitrogens is 4. The summed E-state index contributed by atoms with van der Waals surface area (Å²) in [6.45, 7) is 5.84. The van der Waals surface area contributed by atoms with Crippen molar-refractivity contribution in [2.24, 2.45) is 0 Å². The lowest BCUT2D eigenvalue weighted by molar-refractivity contribution is 0.413. The zero-order valence-electron chi connectivity index (χ0n) is 20.6. The summed E-state index contributed by atoms with van der Waals surface area (Å²) in [5, 5.41) is 4.99. The van der Waals surface area contributed by atoms with Gasteiger partial charge in [0, 0.05) is 38.2 Å². The average molecular weight is 469 g/mol. The average Bonchev–Trinajstić information content (AvgIpc) is 3.30. The van der Waals surface area contributed by atoms with Gasteiger partial charge in [0.15, 0.2) is 5.82 Å². The molecule has 7 nitrogen and oxygen atoms in total. The third-order valence-corrected chi connectivity index (χ3v) is 7.27. The molecule has 2 aromatic carbocycles. The summed E-state index contributed by atoms with van der Waals surface area (Å²) < 4.78 is 7.63. The predicted molar refractivity (Wildman–Crippen MR) is 139 cm³/mol. The Morgan fingerprint density at radius 3 is 2.40 bits per heavy atom. The molecule has 0 saturated carbocycles. The summed E-state index contributed by atoms with van der Waals surface area (Å²) in [7, 11) is 1.74. The van der Waals surface area contributed by atoms with Gasteiger partial charge in [0.25, 0.3) is 5.78 Å². The van der Waals surface area contributed by atoms with Crippen molar-refractivity contribution in [3.63, 3.8) is 0 Å². The third kappa shape index (κ3) is 4.20. The number of nitrogens with zero attached hydrogens (tertiary/aromatic N) is 6. The molecule has 1 aliphatic heterocycles. The number of benzene rings is 2. The highest BCUT2D eigenvalue weighted by Gasteiger charge is 2.27. The van der Waals surface area contributed by atoms with Crippen molar-refractivity contribution >= 4 is 17.3 Å². The lowest BCUT2D eigenvalue weighted by atomic mass is 9.96. The van der Waals surface area contributed by atoms with E-state index < -0.39 is 0 Å². The fraction of sp³-hybridized carbons (Fsp3) is 0.393. The Morgan fingerprint density at radius 1 is 0.857 bits per heavy atom. The molecule has 180 valence electrons. The number of aryl methyl sites for hydroxylation is 2. The Kier molecular flexibility index (Phi) is 5.76. The van der Waals surface area contributed by atoms with Crippen LogP contribution in [0.3, 0.4) is 0 Å². The molecule has 2 aromatic heterocycles. The van der Waals surface area contributed by atoms with Crippen LogP contribution in [0.25, 0.3) is 5.78 Å². The van der Waals surface area contributed by atoms with E-state index in [0.29, 0.717) is 0 Å². The highest BCUT2D eigenvalue weighted by molar-refractivity contribution is 5.61. The van der Waals surface area contributed by atoms with Crippen LogP contribution in [0.4, 0.5) is 11.5 Å². The van der Waals surface area contributed by atoms with E-state index in [1.165, 1.54) is 41.0 Å². The first-order chi connectivity index (χ1) is 17.2. The van der Waals surface area contributed by atoms with Gasteiger partial charge >= 0.3 is 0 Å². The second-order valence-corrected chi connectivity index (χ2v) is 9.62. The quantitative estimate of drug-likeness (QED) is 0.437. The zero-order valence-corrected chi connectivity index (χ0v) is 20.6. The van der Waals surface area contributed by atoms with Crippen LogP contribution in [0.2, 0.25) is 0 Å². The first kappa shape index (κ1) is 21.9. The van der Waals surface area contributed by atoms with E-state index in [0.717, 1.165) is 68.5 Å². The van der Waals surface area contributed by atoms with Crippen molar-refractivity contribution in [1.29, 1.82) is 0 Å². The van der Waals surface area contributed by atoms with Gasteiger partial charge in [-0.05, 0) is 50.3 Å². The Balaban J connectivity index is 1.32. The molecule has 4 aromatic rings. The van der Waals surface area contributed by atoms with Gasteiger partial charge < -0.3 is 14.5 Å². The maximum atomic E-state index is 5.61.